The van der Waals surface area contributed by atoms with Gasteiger partial charge in [0.05, 0.1) is 30.5 Å². The highest BCUT2D eigenvalue weighted by atomic mass is 35.5. The number of esters is 1. The average Bonchev–Trinajstić information content (AvgIpc) is 3.31. The first-order chi connectivity index (χ1) is 17.7. The zero-order valence-electron chi connectivity index (χ0n) is 20.6. The Balaban J connectivity index is 1.60. The molecule has 1 aromatic heterocycles. The predicted molar refractivity (Wildman–Crippen MR) is 144 cm³/mol. The van der Waals surface area contributed by atoms with Gasteiger partial charge >= 0.3 is 5.97 Å². The van der Waals surface area contributed by atoms with Crippen LogP contribution in [0.2, 0.25) is 5.02 Å². The number of ether oxygens (including phenoxy) is 1. The highest BCUT2D eigenvalue weighted by Crippen LogP contribution is 2.30. The second-order valence-electron chi connectivity index (χ2n) is 8.51. The second-order valence-corrected chi connectivity index (χ2v) is 9.31. The van der Waals surface area contributed by atoms with E-state index < -0.39 is 12.0 Å². The maximum absolute atomic E-state index is 13.6. The van der Waals surface area contributed by atoms with Crippen LogP contribution >= 0.6 is 23.8 Å². The first kappa shape index (κ1) is 26.3. The summed E-state index contributed by atoms with van der Waals surface area (Å²) in [5.41, 5.74) is 3.25. The van der Waals surface area contributed by atoms with Crippen LogP contribution in [0.5, 0.6) is 0 Å². The van der Waals surface area contributed by atoms with E-state index in [0.29, 0.717) is 28.5 Å². The number of benzene rings is 2. The molecule has 3 aromatic rings. The van der Waals surface area contributed by atoms with E-state index in [9.17, 15) is 14.4 Å². The van der Waals surface area contributed by atoms with Crippen molar-refractivity contribution in [3.63, 3.8) is 0 Å². The number of aromatic nitrogens is 2. The lowest BCUT2D eigenvalue weighted by Crippen LogP contribution is -2.37. The van der Waals surface area contributed by atoms with Gasteiger partial charge in [0.15, 0.2) is 5.11 Å². The highest BCUT2D eigenvalue weighted by Gasteiger charge is 2.44. The lowest BCUT2D eigenvalue weighted by atomic mass is 10.1. The first-order valence-electron chi connectivity index (χ1n) is 11.6. The molecule has 1 atom stereocenters. The molecule has 2 aromatic carbocycles. The lowest BCUT2D eigenvalue weighted by molar-refractivity contribution is -0.124. The zero-order chi connectivity index (χ0) is 26.7. The Labute approximate surface area is 224 Å². The number of hydrogen-bond donors (Lipinski definition) is 1. The summed E-state index contributed by atoms with van der Waals surface area (Å²) in [6, 6.07) is 12.3. The fourth-order valence-corrected chi connectivity index (χ4v) is 4.53. The van der Waals surface area contributed by atoms with E-state index in [2.05, 4.69) is 10.4 Å². The molecule has 1 aliphatic rings. The minimum atomic E-state index is -0.830. The molecule has 37 heavy (non-hydrogen) atoms. The molecule has 0 radical (unpaired) electrons. The summed E-state index contributed by atoms with van der Waals surface area (Å²) in [7, 11) is 1.83. The topological polar surface area (TPSA) is 96.8 Å². The molecule has 9 nitrogen and oxygen atoms in total. The fourth-order valence-electron chi connectivity index (χ4n) is 4.02. The third-order valence-electron chi connectivity index (χ3n) is 6.14. The smallest absolute Gasteiger partial charge is 0.338 e. The third-order valence-corrected chi connectivity index (χ3v) is 6.81. The number of amides is 2. The van der Waals surface area contributed by atoms with Crippen molar-refractivity contribution < 1.29 is 19.1 Å². The molecule has 1 N–H and O–H groups in total. The van der Waals surface area contributed by atoms with Crippen molar-refractivity contribution in [3.05, 3.63) is 76.6 Å². The van der Waals surface area contributed by atoms with Crippen LogP contribution in [0, 0.1) is 6.92 Å². The average molecular weight is 540 g/mol. The van der Waals surface area contributed by atoms with Gasteiger partial charge in [-0.05, 0) is 74.6 Å². The summed E-state index contributed by atoms with van der Waals surface area (Å²) in [6.45, 7) is 4.23. The summed E-state index contributed by atoms with van der Waals surface area (Å²) in [4.78, 5) is 41.8. The molecule has 0 bridgehead atoms. The monoisotopic (exact) mass is 539 g/mol. The molecule has 0 unspecified atom stereocenters. The van der Waals surface area contributed by atoms with E-state index in [-0.39, 0.29) is 30.0 Å². The Morgan fingerprint density at radius 1 is 1.14 bits per heavy atom. The van der Waals surface area contributed by atoms with Gasteiger partial charge in [0.25, 0.3) is 5.91 Å². The van der Waals surface area contributed by atoms with Crippen LogP contribution < -0.4 is 10.2 Å². The molecule has 0 saturated carbocycles. The van der Waals surface area contributed by atoms with Gasteiger partial charge in [-0.15, -0.1) is 0 Å². The van der Waals surface area contributed by atoms with Crippen molar-refractivity contribution in [2.75, 3.05) is 16.8 Å². The molecule has 1 saturated heterocycles. The molecule has 11 heteroatoms. The number of thiocarbonyl (C=S) groups is 1. The van der Waals surface area contributed by atoms with Crippen LogP contribution in [0.25, 0.3) is 0 Å². The number of nitrogens with one attached hydrogen (secondary N) is 1. The molecular weight excluding hydrogens is 514 g/mol. The number of aryl methyl sites for hydroxylation is 1. The fraction of sp³-hybridized carbons (Fsp3) is 0.269. The van der Waals surface area contributed by atoms with Gasteiger partial charge in [0.1, 0.15) is 6.04 Å². The Morgan fingerprint density at radius 3 is 2.41 bits per heavy atom. The third kappa shape index (κ3) is 5.65. The van der Waals surface area contributed by atoms with Crippen LogP contribution in [0.1, 0.15) is 35.0 Å². The number of carbonyl (C=O) groups is 3. The van der Waals surface area contributed by atoms with Crippen molar-refractivity contribution in [2.24, 2.45) is 7.05 Å². The first-order valence-corrected chi connectivity index (χ1v) is 12.4. The van der Waals surface area contributed by atoms with Crippen LogP contribution in [0.15, 0.2) is 54.7 Å². The van der Waals surface area contributed by atoms with Crippen LogP contribution in [0.4, 0.5) is 11.4 Å². The number of carbonyl (C=O) groups excluding carboxylic acids is 3. The molecule has 0 spiro atoms. The van der Waals surface area contributed by atoms with E-state index in [0.717, 1.165) is 11.3 Å². The van der Waals surface area contributed by atoms with Crippen molar-refractivity contribution in [1.82, 2.24) is 14.7 Å². The Kier molecular flexibility index (Phi) is 7.89. The summed E-state index contributed by atoms with van der Waals surface area (Å²) in [6.07, 6.45) is 1.61. The van der Waals surface area contributed by atoms with E-state index in [1.165, 1.54) is 4.90 Å². The van der Waals surface area contributed by atoms with Gasteiger partial charge in [-0.3, -0.25) is 19.2 Å². The minimum Gasteiger partial charge on any atom is -0.462 e. The normalized spacial score (nSPS) is 15.3. The Hall–Kier alpha value is -3.76. The van der Waals surface area contributed by atoms with Crippen LogP contribution in [0.3, 0.4) is 0 Å². The molecule has 4 rings (SSSR count). The second kappa shape index (κ2) is 11.1. The highest BCUT2D eigenvalue weighted by molar-refractivity contribution is 7.80. The molecule has 1 aliphatic heterocycles. The zero-order valence-corrected chi connectivity index (χ0v) is 22.2. The maximum atomic E-state index is 13.6. The van der Waals surface area contributed by atoms with Gasteiger partial charge < -0.3 is 15.0 Å². The maximum Gasteiger partial charge on any atom is 0.338 e. The predicted octanol–water partition coefficient (Wildman–Crippen LogP) is 4.09. The number of rotatable bonds is 8. The Bertz CT molecular complexity index is 1340. The molecule has 192 valence electrons. The van der Waals surface area contributed by atoms with Gasteiger partial charge in [-0.1, -0.05) is 11.6 Å². The SMILES string of the molecule is CCOC(=O)c1ccc(N2C(=O)[C@H](CC(=O)Nc3ccc(Cl)cc3)N(Cc3cnn(C)c3C)C2=S)cc1. The minimum absolute atomic E-state index is 0.113. The number of anilines is 2. The largest absolute Gasteiger partial charge is 0.462 e. The molecule has 0 aliphatic carbocycles. The van der Waals surface area contributed by atoms with Crippen molar-refractivity contribution in [3.8, 4) is 0 Å². The summed E-state index contributed by atoms with van der Waals surface area (Å²) in [5.74, 6) is -1.12. The standard InChI is InChI=1S/C26H26ClN5O4S/c1-4-36-25(35)17-5-11-21(12-6-17)32-24(34)22(13-23(33)29-20-9-7-19(27)8-10-20)31(26(32)37)15-18-14-28-30(3)16(18)2/h5-12,14,22H,4,13,15H2,1-3H3,(H,29,33)/t22-/m0/s1. The van der Waals surface area contributed by atoms with E-state index in [4.69, 9.17) is 28.6 Å². The molecule has 1 fully saturated rings. The summed E-state index contributed by atoms with van der Waals surface area (Å²) < 4.78 is 6.78. The lowest BCUT2D eigenvalue weighted by Gasteiger charge is -2.23. The molecule has 2 amide bonds. The number of hydrogen-bond acceptors (Lipinski definition) is 6. The number of nitrogens with zero attached hydrogens (tertiary/aromatic N) is 4. The summed E-state index contributed by atoms with van der Waals surface area (Å²) in [5, 5.41) is 7.91. The quantitative estimate of drug-likeness (QED) is 0.340. The number of halogens is 1. The summed E-state index contributed by atoms with van der Waals surface area (Å²) >= 11 is 11.7. The van der Waals surface area contributed by atoms with Gasteiger partial charge in [0, 0.05) is 35.6 Å². The van der Waals surface area contributed by atoms with Gasteiger partial charge in [0.2, 0.25) is 5.91 Å². The molecular formula is C26H26ClN5O4S. The van der Waals surface area contributed by atoms with Crippen LogP contribution in [-0.4, -0.2) is 50.2 Å². The Morgan fingerprint density at radius 2 is 1.81 bits per heavy atom. The van der Waals surface area contributed by atoms with Gasteiger partial charge in [-0.25, -0.2) is 4.79 Å². The van der Waals surface area contributed by atoms with Crippen molar-refractivity contribution in [1.29, 1.82) is 0 Å². The van der Waals surface area contributed by atoms with E-state index in [1.54, 1.807) is 71.2 Å². The van der Waals surface area contributed by atoms with Crippen molar-refractivity contribution in [2.45, 2.75) is 32.9 Å². The van der Waals surface area contributed by atoms with E-state index >= 15 is 0 Å². The van der Waals surface area contributed by atoms with Crippen LogP contribution in [-0.2, 0) is 27.9 Å². The van der Waals surface area contributed by atoms with Crippen molar-refractivity contribution >= 4 is 58.1 Å². The van der Waals surface area contributed by atoms with E-state index in [1.807, 2.05) is 14.0 Å². The van der Waals surface area contributed by atoms with Gasteiger partial charge in [-0.2, -0.15) is 5.10 Å². The molecule has 2 heterocycles.